The predicted molar refractivity (Wildman–Crippen MR) is 117 cm³/mol. The van der Waals surface area contributed by atoms with Crippen LogP contribution in [0.5, 0.6) is 17.4 Å². The lowest BCUT2D eigenvalue weighted by Gasteiger charge is -2.14. The second-order valence-corrected chi connectivity index (χ2v) is 8.90. The lowest BCUT2D eigenvalue weighted by Crippen LogP contribution is -2.24. The number of pyridine rings is 1. The molecule has 0 saturated carbocycles. The Morgan fingerprint density at radius 1 is 1.27 bits per heavy atom. The fraction of sp³-hybridized carbons (Fsp3) is 0.400. The Morgan fingerprint density at radius 3 is 2.67 bits per heavy atom. The molecule has 30 heavy (non-hydrogen) atoms. The monoisotopic (exact) mass is 473 g/mol. The number of carbonyl (C=O) groups is 1. The van der Waals surface area contributed by atoms with Gasteiger partial charge in [0, 0.05) is 37.4 Å². The molecular weight excluding hydrogens is 452 g/mol. The summed E-state index contributed by atoms with van der Waals surface area (Å²) in [7, 11) is 0. The molecule has 3 rings (SSSR count). The molecule has 1 aromatic carbocycles. The largest absolute Gasteiger partial charge is 0.476 e. The summed E-state index contributed by atoms with van der Waals surface area (Å²) in [4.78, 5) is 16.4. The van der Waals surface area contributed by atoms with Gasteiger partial charge in [-0.2, -0.15) is 0 Å². The van der Waals surface area contributed by atoms with E-state index in [0.29, 0.717) is 12.5 Å². The van der Waals surface area contributed by atoms with E-state index in [0.717, 1.165) is 32.0 Å². The van der Waals surface area contributed by atoms with Crippen molar-refractivity contribution in [3.05, 3.63) is 45.8 Å². The molecule has 1 N–H and O–H groups in total. The third-order valence-corrected chi connectivity index (χ3v) is 5.63. The molecule has 6 nitrogen and oxygen atoms in total. The fourth-order valence-electron chi connectivity index (χ4n) is 2.66. The van der Waals surface area contributed by atoms with Crippen molar-refractivity contribution in [2.45, 2.75) is 26.7 Å². The summed E-state index contributed by atoms with van der Waals surface area (Å²) in [6, 6.07) is 3.81. The summed E-state index contributed by atoms with van der Waals surface area (Å²) in [5, 5.41) is 0.351. The summed E-state index contributed by atoms with van der Waals surface area (Å²) < 4.78 is 30.3. The number of benzene rings is 1. The Morgan fingerprint density at radius 2 is 2.00 bits per heavy atom. The van der Waals surface area contributed by atoms with Gasteiger partial charge >= 0.3 is 0 Å². The normalized spacial score (nSPS) is 14.2. The van der Waals surface area contributed by atoms with Crippen molar-refractivity contribution in [2.75, 3.05) is 19.7 Å². The first-order valence-electron chi connectivity index (χ1n) is 9.51. The van der Waals surface area contributed by atoms with Crippen molar-refractivity contribution < 1.29 is 18.7 Å². The van der Waals surface area contributed by atoms with E-state index in [2.05, 4.69) is 9.71 Å². The number of aromatic nitrogens is 1. The van der Waals surface area contributed by atoms with Crippen molar-refractivity contribution in [2.24, 2.45) is 5.92 Å². The summed E-state index contributed by atoms with van der Waals surface area (Å²) in [5.74, 6) is -0.381. The maximum Gasteiger partial charge on any atom is 0.265 e. The molecule has 1 saturated heterocycles. The van der Waals surface area contributed by atoms with Crippen LogP contribution in [0.15, 0.2) is 24.4 Å². The van der Waals surface area contributed by atoms with Gasteiger partial charge in [0.15, 0.2) is 0 Å². The predicted octanol–water partition coefficient (Wildman–Crippen LogP) is 5.74. The molecule has 1 aliphatic heterocycles. The third kappa shape index (κ3) is 6.14. The summed E-state index contributed by atoms with van der Waals surface area (Å²) in [6.45, 7) is 6.27. The van der Waals surface area contributed by atoms with Gasteiger partial charge in [-0.05, 0) is 24.8 Å². The lowest BCUT2D eigenvalue weighted by atomic mass is 10.2. The molecule has 1 amide bonds. The van der Waals surface area contributed by atoms with Gasteiger partial charge in [-0.15, -0.1) is 0 Å². The van der Waals surface area contributed by atoms with Crippen molar-refractivity contribution in [1.82, 2.24) is 14.0 Å². The maximum absolute atomic E-state index is 14.5. The van der Waals surface area contributed by atoms with Gasteiger partial charge in [0.2, 0.25) is 5.88 Å². The molecule has 2 aromatic rings. The molecule has 0 radical (unpaired) electrons. The number of ether oxygens (including phenoxy) is 2. The first-order valence-corrected chi connectivity index (χ1v) is 11.0. The van der Waals surface area contributed by atoms with E-state index in [9.17, 15) is 9.18 Å². The Bertz CT molecular complexity index is 911. The highest BCUT2D eigenvalue weighted by Crippen LogP contribution is 2.34. The number of hydrogen-bond donors (Lipinski definition) is 1. The van der Waals surface area contributed by atoms with Crippen molar-refractivity contribution >= 4 is 41.2 Å². The minimum atomic E-state index is -0.745. The van der Waals surface area contributed by atoms with Crippen LogP contribution in [0.25, 0.3) is 0 Å². The molecule has 1 aliphatic rings. The highest BCUT2D eigenvalue weighted by Gasteiger charge is 2.19. The van der Waals surface area contributed by atoms with Crippen molar-refractivity contribution in [3.8, 4) is 17.4 Å². The number of rotatable bonds is 8. The van der Waals surface area contributed by atoms with E-state index in [1.807, 2.05) is 18.2 Å². The second kappa shape index (κ2) is 10.5. The third-order valence-electron chi connectivity index (χ3n) is 4.16. The average Bonchev–Trinajstić information content (AvgIpc) is 3.21. The van der Waals surface area contributed by atoms with Gasteiger partial charge in [-0.25, -0.2) is 13.7 Å². The molecule has 1 aromatic heterocycles. The first kappa shape index (κ1) is 22.9. The van der Waals surface area contributed by atoms with Crippen LogP contribution >= 0.6 is 35.3 Å². The fourth-order valence-corrected chi connectivity index (χ4v) is 3.84. The van der Waals surface area contributed by atoms with Crippen LogP contribution in [0.2, 0.25) is 10.0 Å². The van der Waals surface area contributed by atoms with Gasteiger partial charge in [-0.1, -0.05) is 37.0 Å². The van der Waals surface area contributed by atoms with Crippen LogP contribution < -0.4 is 14.2 Å². The molecule has 162 valence electrons. The molecule has 0 unspecified atom stereocenters. The number of nitrogens with zero attached hydrogens (tertiary/aromatic N) is 2. The van der Waals surface area contributed by atoms with E-state index in [-0.39, 0.29) is 33.0 Å². The van der Waals surface area contributed by atoms with Crippen LogP contribution in [0, 0.1) is 11.7 Å². The van der Waals surface area contributed by atoms with Crippen molar-refractivity contribution in [3.63, 3.8) is 0 Å². The van der Waals surface area contributed by atoms with Crippen LogP contribution in [0.4, 0.5) is 4.39 Å². The van der Waals surface area contributed by atoms with E-state index in [4.69, 9.17) is 32.7 Å². The zero-order valence-electron chi connectivity index (χ0n) is 16.6. The number of carbonyl (C=O) groups excluding carboxylic acids is 1. The second-order valence-electron chi connectivity index (χ2n) is 7.19. The smallest absolute Gasteiger partial charge is 0.265 e. The summed E-state index contributed by atoms with van der Waals surface area (Å²) in [5.41, 5.74) is -0.160. The summed E-state index contributed by atoms with van der Waals surface area (Å²) >= 11 is 13.6. The SMILES string of the molecule is CC(C)COc1ncc(Oc2cc(F)c(C(=O)NSN3CCCC3)cc2Cl)cc1Cl. The highest BCUT2D eigenvalue weighted by molar-refractivity contribution is 7.95. The molecule has 0 bridgehead atoms. The minimum absolute atomic E-state index is 0.0478. The average molecular weight is 474 g/mol. The zero-order valence-corrected chi connectivity index (χ0v) is 18.9. The van der Waals surface area contributed by atoms with Gasteiger partial charge < -0.3 is 9.47 Å². The van der Waals surface area contributed by atoms with Crippen molar-refractivity contribution in [1.29, 1.82) is 0 Å². The zero-order chi connectivity index (χ0) is 21.7. The van der Waals surface area contributed by atoms with Gasteiger partial charge in [-0.3, -0.25) is 9.52 Å². The standard InChI is InChI=1S/C20H22Cl2FN3O3S/c1-12(2)11-28-20-16(22)7-13(10-24-20)29-18-9-17(23)14(8-15(18)21)19(27)25-30-26-5-3-4-6-26/h7-10,12H,3-6,11H2,1-2H3,(H,25,27). The minimum Gasteiger partial charge on any atom is -0.476 e. The van der Waals surface area contributed by atoms with Gasteiger partial charge in [0.05, 0.1) is 23.4 Å². The van der Waals surface area contributed by atoms with E-state index >= 15 is 0 Å². The lowest BCUT2D eigenvalue weighted by molar-refractivity contribution is 0.0979. The summed E-state index contributed by atoms with van der Waals surface area (Å²) in [6.07, 6.45) is 3.57. The van der Waals surface area contributed by atoms with Gasteiger partial charge in [0.25, 0.3) is 5.91 Å². The molecular formula is C20H22Cl2FN3O3S. The van der Waals surface area contributed by atoms with Crippen LogP contribution in [0.1, 0.15) is 37.0 Å². The topological polar surface area (TPSA) is 63.7 Å². The first-order chi connectivity index (χ1) is 14.3. The molecule has 0 atom stereocenters. The van der Waals surface area contributed by atoms with Gasteiger partial charge in [0.1, 0.15) is 22.3 Å². The Labute approximate surface area is 189 Å². The molecule has 10 heteroatoms. The highest BCUT2D eigenvalue weighted by atomic mass is 35.5. The quantitative estimate of drug-likeness (QED) is 0.492. The number of hydrogen-bond acceptors (Lipinski definition) is 6. The van der Waals surface area contributed by atoms with Crippen LogP contribution in [-0.2, 0) is 0 Å². The number of nitrogens with one attached hydrogen (secondary N) is 1. The molecule has 2 heterocycles. The molecule has 0 aliphatic carbocycles. The Kier molecular flexibility index (Phi) is 8.05. The molecule has 0 spiro atoms. The van der Waals surface area contributed by atoms with E-state index < -0.39 is 11.7 Å². The number of halogens is 3. The molecule has 1 fully saturated rings. The maximum atomic E-state index is 14.5. The Balaban J connectivity index is 1.67. The Hall–Kier alpha value is -1.74. The van der Waals surface area contributed by atoms with E-state index in [1.165, 1.54) is 30.5 Å². The number of amides is 1. The van der Waals surface area contributed by atoms with Crippen LogP contribution in [-0.4, -0.2) is 34.9 Å². The van der Waals surface area contributed by atoms with E-state index in [1.54, 1.807) is 0 Å². The van der Waals surface area contributed by atoms with Crippen LogP contribution in [0.3, 0.4) is 0 Å².